The minimum atomic E-state index is -0.306. The van der Waals surface area contributed by atoms with Crippen molar-refractivity contribution in [3.63, 3.8) is 0 Å². The van der Waals surface area contributed by atoms with Gasteiger partial charge in [0, 0.05) is 11.8 Å². The van der Waals surface area contributed by atoms with Crippen molar-refractivity contribution in [2.24, 2.45) is 0 Å². The predicted molar refractivity (Wildman–Crippen MR) is 82.0 cm³/mol. The number of para-hydroxylation sites is 1. The summed E-state index contributed by atoms with van der Waals surface area (Å²) in [6.45, 7) is 0.380. The van der Waals surface area contributed by atoms with Crippen LogP contribution in [0.4, 0.5) is 4.39 Å². The van der Waals surface area contributed by atoms with Gasteiger partial charge in [-0.05, 0) is 46.3 Å². The van der Waals surface area contributed by atoms with Crippen molar-refractivity contribution >= 4 is 15.9 Å². The lowest BCUT2D eigenvalue weighted by Gasteiger charge is -2.05. The average Bonchev–Trinajstić information content (AvgIpc) is 2.98. The maximum Gasteiger partial charge on any atom is 0.137 e. The van der Waals surface area contributed by atoms with Crippen LogP contribution in [0.25, 0.3) is 5.69 Å². The minimum Gasteiger partial charge on any atom is -0.489 e. The molecule has 0 radical (unpaired) electrons. The standard InChI is InChI=1S/C16H12BrFN2O/c17-15-8-14(6-7-16(15)18)21-11-12-9-19-20(10-12)13-4-2-1-3-5-13/h1-10H,11H2. The Kier molecular flexibility index (Phi) is 4.01. The summed E-state index contributed by atoms with van der Waals surface area (Å²) in [5.41, 5.74) is 1.94. The van der Waals surface area contributed by atoms with E-state index in [2.05, 4.69) is 21.0 Å². The lowest BCUT2D eigenvalue weighted by Crippen LogP contribution is -1.95. The molecule has 0 fully saturated rings. The fourth-order valence-corrected chi connectivity index (χ4v) is 2.25. The highest BCUT2D eigenvalue weighted by Gasteiger charge is 2.04. The topological polar surface area (TPSA) is 27.1 Å². The summed E-state index contributed by atoms with van der Waals surface area (Å²) in [4.78, 5) is 0. The number of rotatable bonds is 4. The van der Waals surface area contributed by atoms with Crippen LogP contribution in [-0.2, 0) is 6.61 Å². The zero-order chi connectivity index (χ0) is 14.7. The molecule has 0 unspecified atom stereocenters. The van der Waals surface area contributed by atoms with E-state index >= 15 is 0 Å². The van der Waals surface area contributed by atoms with Gasteiger partial charge in [0.15, 0.2) is 0 Å². The Morgan fingerprint density at radius 2 is 1.95 bits per heavy atom. The van der Waals surface area contributed by atoms with E-state index in [-0.39, 0.29) is 5.82 Å². The second-order valence-corrected chi connectivity index (χ2v) is 5.35. The Morgan fingerprint density at radius 3 is 2.71 bits per heavy atom. The SMILES string of the molecule is Fc1ccc(OCc2cnn(-c3ccccc3)c2)cc1Br. The molecule has 3 aromatic rings. The zero-order valence-electron chi connectivity index (χ0n) is 11.0. The molecule has 5 heteroatoms. The molecule has 106 valence electrons. The Morgan fingerprint density at radius 1 is 1.14 bits per heavy atom. The van der Waals surface area contributed by atoms with Crippen molar-refractivity contribution in [1.29, 1.82) is 0 Å². The Bertz CT molecular complexity index is 743. The smallest absolute Gasteiger partial charge is 0.137 e. The van der Waals surface area contributed by atoms with Crippen LogP contribution in [0.2, 0.25) is 0 Å². The van der Waals surface area contributed by atoms with Gasteiger partial charge in [-0.25, -0.2) is 9.07 Å². The first kappa shape index (κ1) is 13.8. The Hall–Kier alpha value is -2.14. The van der Waals surface area contributed by atoms with E-state index in [4.69, 9.17) is 4.74 Å². The highest BCUT2D eigenvalue weighted by atomic mass is 79.9. The summed E-state index contributed by atoms with van der Waals surface area (Å²) in [6.07, 6.45) is 3.67. The van der Waals surface area contributed by atoms with Crippen LogP contribution in [0.1, 0.15) is 5.56 Å². The molecule has 0 amide bonds. The number of hydrogen-bond acceptors (Lipinski definition) is 2. The van der Waals surface area contributed by atoms with Crippen LogP contribution >= 0.6 is 15.9 Å². The Balaban J connectivity index is 1.69. The van der Waals surface area contributed by atoms with E-state index in [1.165, 1.54) is 6.07 Å². The predicted octanol–water partition coefficient (Wildman–Crippen LogP) is 4.35. The fourth-order valence-electron chi connectivity index (χ4n) is 1.89. The van der Waals surface area contributed by atoms with Crippen molar-refractivity contribution in [3.8, 4) is 11.4 Å². The summed E-state index contributed by atoms with van der Waals surface area (Å²) >= 11 is 3.14. The van der Waals surface area contributed by atoms with Crippen molar-refractivity contribution < 1.29 is 9.13 Å². The summed E-state index contributed by atoms with van der Waals surface area (Å²) in [6, 6.07) is 14.4. The molecule has 1 heterocycles. The largest absolute Gasteiger partial charge is 0.489 e. The minimum absolute atomic E-state index is 0.306. The van der Waals surface area contributed by atoms with Crippen LogP contribution in [0.15, 0.2) is 65.4 Å². The van der Waals surface area contributed by atoms with Crippen LogP contribution in [0, 0.1) is 5.82 Å². The summed E-state index contributed by atoms with van der Waals surface area (Å²) in [5, 5.41) is 4.30. The van der Waals surface area contributed by atoms with Crippen molar-refractivity contribution in [2.75, 3.05) is 0 Å². The first-order chi connectivity index (χ1) is 10.2. The summed E-state index contributed by atoms with van der Waals surface area (Å²) in [7, 11) is 0. The Labute approximate surface area is 130 Å². The maximum absolute atomic E-state index is 13.1. The highest BCUT2D eigenvalue weighted by Crippen LogP contribution is 2.22. The molecule has 0 spiro atoms. The first-order valence-electron chi connectivity index (χ1n) is 6.39. The molecular formula is C16H12BrFN2O. The second kappa shape index (κ2) is 6.10. The molecule has 3 rings (SSSR count). The second-order valence-electron chi connectivity index (χ2n) is 4.49. The molecule has 2 aromatic carbocycles. The molecule has 0 aliphatic heterocycles. The number of nitrogens with zero attached hydrogens (tertiary/aromatic N) is 2. The quantitative estimate of drug-likeness (QED) is 0.702. The van der Waals surface area contributed by atoms with Gasteiger partial charge in [0.1, 0.15) is 18.2 Å². The maximum atomic E-state index is 13.1. The van der Waals surface area contributed by atoms with Crippen LogP contribution in [0.3, 0.4) is 0 Å². The molecule has 3 nitrogen and oxygen atoms in total. The number of ether oxygens (including phenoxy) is 1. The summed E-state index contributed by atoms with van der Waals surface area (Å²) < 4.78 is 20.9. The van der Waals surface area contributed by atoms with Gasteiger partial charge < -0.3 is 4.74 Å². The molecule has 1 aromatic heterocycles. The average molecular weight is 347 g/mol. The molecule has 0 saturated heterocycles. The molecule has 0 atom stereocenters. The van der Waals surface area contributed by atoms with Gasteiger partial charge in [-0.3, -0.25) is 0 Å². The van der Waals surface area contributed by atoms with E-state index in [0.29, 0.717) is 16.8 Å². The third-order valence-corrected chi connectivity index (χ3v) is 3.56. The van der Waals surface area contributed by atoms with Crippen molar-refractivity contribution in [2.45, 2.75) is 6.61 Å². The third-order valence-electron chi connectivity index (χ3n) is 2.95. The number of benzene rings is 2. The van der Waals surface area contributed by atoms with Gasteiger partial charge in [0.25, 0.3) is 0 Å². The van der Waals surface area contributed by atoms with Gasteiger partial charge in [0.2, 0.25) is 0 Å². The van der Waals surface area contributed by atoms with Crippen molar-refractivity contribution in [1.82, 2.24) is 9.78 Å². The van der Waals surface area contributed by atoms with Gasteiger partial charge in [-0.15, -0.1) is 0 Å². The van der Waals surface area contributed by atoms with E-state index in [9.17, 15) is 4.39 Å². The first-order valence-corrected chi connectivity index (χ1v) is 7.18. The van der Waals surface area contributed by atoms with Crippen LogP contribution in [-0.4, -0.2) is 9.78 Å². The van der Waals surface area contributed by atoms with Gasteiger partial charge in [-0.2, -0.15) is 5.10 Å². The van der Waals surface area contributed by atoms with Crippen LogP contribution in [0.5, 0.6) is 5.75 Å². The molecular weight excluding hydrogens is 335 g/mol. The molecule has 0 saturated carbocycles. The fraction of sp³-hybridized carbons (Fsp3) is 0.0625. The summed E-state index contributed by atoms with van der Waals surface area (Å²) in [5.74, 6) is 0.301. The molecule has 0 bridgehead atoms. The monoisotopic (exact) mass is 346 g/mol. The number of halogens is 2. The highest BCUT2D eigenvalue weighted by molar-refractivity contribution is 9.10. The van der Waals surface area contributed by atoms with Gasteiger partial charge in [-0.1, -0.05) is 18.2 Å². The molecule has 0 N–H and O–H groups in total. The third kappa shape index (κ3) is 3.31. The van der Waals surface area contributed by atoms with E-state index in [1.807, 2.05) is 36.5 Å². The zero-order valence-corrected chi connectivity index (χ0v) is 12.6. The number of aromatic nitrogens is 2. The molecule has 0 aliphatic rings. The normalized spacial score (nSPS) is 10.6. The van der Waals surface area contributed by atoms with Gasteiger partial charge in [0.05, 0.1) is 16.4 Å². The van der Waals surface area contributed by atoms with Crippen molar-refractivity contribution in [3.05, 3.63) is 76.8 Å². The van der Waals surface area contributed by atoms with E-state index in [1.54, 1.807) is 23.0 Å². The number of hydrogen-bond donors (Lipinski definition) is 0. The van der Waals surface area contributed by atoms with E-state index in [0.717, 1.165) is 11.3 Å². The lowest BCUT2D eigenvalue weighted by atomic mass is 10.3. The molecule has 0 aliphatic carbocycles. The lowest BCUT2D eigenvalue weighted by molar-refractivity contribution is 0.305. The van der Waals surface area contributed by atoms with Crippen LogP contribution < -0.4 is 4.74 Å². The van der Waals surface area contributed by atoms with E-state index < -0.39 is 0 Å². The molecule has 21 heavy (non-hydrogen) atoms. The van der Waals surface area contributed by atoms with Gasteiger partial charge >= 0.3 is 0 Å².